The fourth-order valence-electron chi connectivity index (χ4n) is 3.94. The molecule has 0 unspecified atom stereocenters. The lowest BCUT2D eigenvalue weighted by atomic mass is 9.89. The van der Waals surface area contributed by atoms with Crippen LogP contribution in [-0.2, 0) is 0 Å². The average Bonchev–Trinajstić information content (AvgIpc) is 3.36. The first-order valence-corrected chi connectivity index (χ1v) is 9.05. The molecular formula is C20H20N6. The minimum Gasteiger partial charge on any atom is -0.361 e. The maximum absolute atomic E-state index is 4.28. The quantitative estimate of drug-likeness (QED) is 0.617. The highest BCUT2D eigenvalue weighted by Gasteiger charge is 2.26. The molecule has 0 spiro atoms. The lowest BCUT2D eigenvalue weighted by Gasteiger charge is -2.32. The normalized spacial score (nSPS) is 15.6. The second kappa shape index (κ2) is 6.29. The number of rotatable bonds is 3. The van der Waals surface area contributed by atoms with Crippen LogP contribution in [0.5, 0.6) is 0 Å². The van der Waals surface area contributed by atoms with E-state index < -0.39 is 0 Å². The average molecular weight is 344 g/mol. The number of nitrogens with zero attached hydrogens (tertiary/aromatic N) is 5. The number of aromatic nitrogens is 5. The monoisotopic (exact) mass is 344 g/mol. The van der Waals surface area contributed by atoms with E-state index in [9.17, 15) is 0 Å². The zero-order chi connectivity index (χ0) is 17.3. The van der Waals surface area contributed by atoms with Crippen molar-refractivity contribution in [3.63, 3.8) is 0 Å². The molecule has 2 aromatic heterocycles. The number of hydrogen-bond donors (Lipinski definition) is 1. The van der Waals surface area contributed by atoms with Crippen LogP contribution in [0.25, 0.3) is 16.6 Å². The van der Waals surface area contributed by atoms with Crippen molar-refractivity contribution in [3.05, 3.63) is 66.4 Å². The summed E-state index contributed by atoms with van der Waals surface area (Å²) in [5.74, 6) is 1.40. The molecule has 6 heteroatoms. The Morgan fingerprint density at radius 1 is 0.923 bits per heavy atom. The predicted molar refractivity (Wildman–Crippen MR) is 102 cm³/mol. The SMILES string of the molecule is c1ccc(-n2nnnc2N2CCC(c3c[nH]c4ccccc34)CC2)cc1. The van der Waals surface area contributed by atoms with E-state index in [0.717, 1.165) is 37.6 Å². The van der Waals surface area contributed by atoms with Gasteiger partial charge in [-0.25, -0.2) is 0 Å². The first-order chi connectivity index (χ1) is 12.9. The molecule has 3 heterocycles. The van der Waals surface area contributed by atoms with E-state index in [1.54, 1.807) is 0 Å². The second-order valence-corrected chi connectivity index (χ2v) is 6.78. The second-order valence-electron chi connectivity index (χ2n) is 6.78. The summed E-state index contributed by atoms with van der Waals surface area (Å²) in [5.41, 5.74) is 3.65. The van der Waals surface area contributed by atoms with E-state index >= 15 is 0 Å². The summed E-state index contributed by atoms with van der Waals surface area (Å²) in [7, 11) is 0. The maximum Gasteiger partial charge on any atom is 0.250 e. The molecule has 1 fully saturated rings. The van der Waals surface area contributed by atoms with Crippen LogP contribution >= 0.6 is 0 Å². The van der Waals surface area contributed by atoms with E-state index in [1.165, 1.54) is 16.5 Å². The lowest BCUT2D eigenvalue weighted by molar-refractivity contribution is 0.499. The summed E-state index contributed by atoms with van der Waals surface area (Å²) >= 11 is 0. The molecule has 1 aliphatic rings. The minimum absolute atomic E-state index is 0.573. The van der Waals surface area contributed by atoms with Crippen molar-refractivity contribution in [2.45, 2.75) is 18.8 Å². The smallest absolute Gasteiger partial charge is 0.250 e. The molecule has 26 heavy (non-hydrogen) atoms. The van der Waals surface area contributed by atoms with Gasteiger partial charge in [-0.15, -0.1) is 0 Å². The highest BCUT2D eigenvalue weighted by atomic mass is 15.6. The van der Waals surface area contributed by atoms with E-state index in [1.807, 2.05) is 35.0 Å². The number of nitrogens with one attached hydrogen (secondary N) is 1. The van der Waals surface area contributed by atoms with Gasteiger partial charge in [0.1, 0.15) is 0 Å². The third-order valence-corrected chi connectivity index (χ3v) is 5.29. The van der Waals surface area contributed by atoms with Gasteiger partial charge in [0.25, 0.3) is 0 Å². The number of hydrogen-bond acceptors (Lipinski definition) is 4. The molecule has 0 radical (unpaired) electrons. The molecule has 1 aliphatic heterocycles. The highest BCUT2D eigenvalue weighted by Crippen LogP contribution is 2.34. The van der Waals surface area contributed by atoms with Crippen LogP contribution in [0.2, 0.25) is 0 Å². The Kier molecular flexibility index (Phi) is 3.66. The summed E-state index contributed by atoms with van der Waals surface area (Å²) in [6.07, 6.45) is 4.38. The predicted octanol–water partition coefficient (Wildman–Crippen LogP) is 3.53. The fraction of sp³-hybridized carbons (Fsp3) is 0.250. The summed E-state index contributed by atoms with van der Waals surface area (Å²) in [6.45, 7) is 1.91. The van der Waals surface area contributed by atoms with Crippen LogP contribution < -0.4 is 4.90 Å². The zero-order valence-corrected chi connectivity index (χ0v) is 14.4. The number of para-hydroxylation sites is 2. The Bertz CT molecular complexity index is 1010. The first kappa shape index (κ1) is 15.1. The standard InChI is InChI=1S/C20H20N6/c1-2-6-16(7-3-1)26-20(22-23-24-26)25-12-10-15(11-13-25)18-14-21-19-9-5-4-8-17(18)19/h1-9,14-15,21H,10-13H2. The van der Waals surface area contributed by atoms with Crippen LogP contribution in [-0.4, -0.2) is 38.3 Å². The van der Waals surface area contributed by atoms with Gasteiger partial charge in [-0.1, -0.05) is 41.5 Å². The summed E-state index contributed by atoms with van der Waals surface area (Å²) < 4.78 is 1.83. The zero-order valence-electron chi connectivity index (χ0n) is 14.4. The van der Waals surface area contributed by atoms with Gasteiger partial charge in [-0.05, 0) is 52.9 Å². The third-order valence-electron chi connectivity index (χ3n) is 5.29. The van der Waals surface area contributed by atoms with Crippen molar-refractivity contribution < 1.29 is 0 Å². The molecule has 0 atom stereocenters. The topological polar surface area (TPSA) is 62.6 Å². The molecule has 0 saturated carbocycles. The number of tetrazole rings is 1. The van der Waals surface area contributed by atoms with Crippen LogP contribution in [0.4, 0.5) is 5.95 Å². The van der Waals surface area contributed by atoms with Crippen LogP contribution in [0.1, 0.15) is 24.3 Å². The van der Waals surface area contributed by atoms with Gasteiger partial charge in [0.2, 0.25) is 5.95 Å². The molecule has 1 N–H and O–H groups in total. The molecule has 0 amide bonds. The van der Waals surface area contributed by atoms with Crippen LogP contribution in [0.3, 0.4) is 0 Å². The van der Waals surface area contributed by atoms with Crippen molar-refractivity contribution in [1.82, 2.24) is 25.2 Å². The van der Waals surface area contributed by atoms with E-state index in [4.69, 9.17) is 0 Å². The van der Waals surface area contributed by atoms with Gasteiger partial charge in [0.15, 0.2) is 0 Å². The summed E-state index contributed by atoms with van der Waals surface area (Å²) in [4.78, 5) is 5.69. The van der Waals surface area contributed by atoms with Crippen LogP contribution in [0, 0.1) is 0 Å². The van der Waals surface area contributed by atoms with Crippen molar-refractivity contribution in [2.24, 2.45) is 0 Å². The molecule has 0 aliphatic carbocycles. The Balaban J connectivity index is 1.36. The molecule has 6 nitrogen and oxygen atoms in total. The van der Waals surface area contributed by atoms with E-state index in [0.29, 0.717) is 5.92 Å². The number of benzene rings is 2. The number of fused-ring (bicyclic) bond motifs is 1. The van der Waals surface area contributed by atoms with Crippen molar-refractivity contribution in [3.8, 4) is 5.69 Å². The van der Waals surface area contributed by atoms with Gasteiger partial charge in [-0.3, -0.25) is 0 Å². The molecular weight excluding hydrogens is 324 g/mol. The van der Waals surface area contributed by atoms with E-state index in [-0.39, 0.29) is 0 Å². The Labute approximate surface area is 151 Å². The molecule has 130 valence electrons. The minimum atomic E-state index is 0.573. The number of piperidine rings is 1. The number of anilines is 1. The summed E-state index contributed by atoms with van der Waals surface area (Å²) in [5, 5.41) is 13.7. The first-order valence-electron chi connectivity index (χ1n) is 9.05. The molecule has 4 aromatic rings. The van der Waals surface area contributed by atoms with E-state index in [2.05, 4.69) is 55.9 Å². The van der Waals surface area contributed by atoms with Crippen LogP contribution in [0.15, 0.2) is 60.8 Å². The Morgan fingerprint density at radius 2 is 1.69 bits per heavy atom. The fourth-order valence-corrected chi connectivity index (χ4v) is 3.94. The number of H-pyrrole nitrogens is 1. The van der Waals surface area contributed by atoms with Crippen molar-refractivity contribution in [2.75, 3.05) is 18.0 Å². The van der Waals surface area contributed by atoms with Gasteiger partial charge < -0.3 is 9.88 Å². The largest absolute Gasteiger partial charge is 0.361 e. The van der Waals surface area contributed by atoms with Gasteiger partial charge in [0.05, 0.1) is 5.69 Å². The third kappa shape index (κ3) is 2.54. The Morgan fingerprint density at radius 3 is 2.54 bits per heavy atom. The van der Waals surface area contributed by atoms with Gasteiger partial charge in [0, 0.05) is 30.2 Å². The van der Waals surface area contributed by atoms with Gasteiger partial charge in [-0.2, -0.15) is 4.68 Å². The number of aromatic amines is 1. The summed E-state index contributed by atoms with van der Waals surface area (Å²) in [6, 6.07) is 18.6. The maximum atomic E-state index is 4.28. The highest BCUT2D eigenvalue weighted by molar-refractivity contribution is 5.83. The molecule has 0 bridgehead atoms. The lowest BCUT2D eigenvalue weighted by Crippen LogP contribution is -2.34. The van der Waals surface area contributed by atoms with Crippen molar-refractivity contribution in [1.29, 1.82) is 0 Å². The molecule has 2 aromatic carbocycles. The van der Waals surface area contributed by atoms with Crippen molar-refractivity contribution >= 4 is 16.9 Å². The molecule has 5 rings (SSSR count). The Hall–Kier alpha value is -3.15. The van der Waals surface area contributed by atoms with Gasteiger partial charge >= 0.3 is 0 Å². The molecule has 1 saturated heterocycles.